The van der Waals surface area contributed by atoms with Gasteiger partial charge in [-0.3, -0.25) is 10.1 Å². The number of benzene rings is 1. The maximum atomic E-state index is 10.6. The highest BCUT2D eigenvalue weighted by molar-refractivity contribution is 5.65. The molecule has 1 N–H and O–H groups in total. The number of aryl methyl sites for hydroxylation is 1. The van der Waals surface area contributed by atoms with Gasteiger partial charge >= 0.3 is 0 Å². The summed E-state index contributed by atoms with van der Waals surface area (Å²) >= 11 is 0. The van der Waals surface area contributed by atoms with Crippen molar-refractivity contribution in [3.8, 4) is 0 Å². The largest absolute Gasteiger partial charge is 0.382 e. The van der Waals surface area contributed by atoms with Gasteiger partial charge in [-0.2, -0.15) is 0 Å². The fourth-order valence-corrected chi connectivity index (χ4v) is 1.32. The van der Waals surface area contributed by atoms with Gasteiger partial charge in [-0.1, -0.05) is 19.1 Å². The van der Waals surface area contributed by atoms with Crippen LogP contribution in [-0.4, -0.2) is 12.0 Å². The Morgan fingerprint density at radius 2 is 2.23 bits per heavy atom. The summed E-state index contributed by atoms with van der Waals surface area (Å²) in [6.45, 7) is 1.97. The highest BCUT2D eigenvalue weighted by Crippen LogP contribution is 2.27. The zero-order chi connectivity index (χ0) is 9.84. The molecule has 0 amide bonds. The number of nitro benzene ring substituents is 1. The molecule has 0 spiro atoms. The van der Waals surface area contributed by atoms with Crippen LogP contribution in [0.15, 0.2) is 18.2 Å². The standard InChI is InChI=1S/C9H12N2O2/c1-3-7-5-4-6-8(11(12)13)9(7)10-2/h4-6,10H,3H2,1-2H3. The summed E-state index contributed by atoms with van der Waals surface area (Å²) in [4.78, 5) is 10.2. The van der Waals surface area contributed by atoms with Crippen LogP contribution in [0.4, 0.5) is 11.4 Å². The first-order chi connectivity index (χ1) is 6.20. The number of hydrogen-bond donors (Lipinski definition) is 1. The van der Waals surface area contributed by atoms with E-state index in [1.807, 2.05) is 13.0 Å². The summed E-state index contributed by atoms with van der Waals surface area (Å²) in [6, 6.07) is 5.10. The second-order valence-electron chi connectivity index (χ2n) is 2.67. The zero-order valence-electron chi connectivity index (χ0n) is 7.70. The minimum atomic E-state index is -0.370. The molecule has 1 aromatic rings. The number of nitrogens with one attached hydrogen (secondary N) is 1. The lowest BCUT2D eigenvalue weighted by Crippen LogP contribution is -1.99. The average molecular weight is 180 g/mol. The molecule has 4 heteroatoms. The highest BCUT2D eigenvalue weighted by atomic mass is 16.6. The molecule has 0 bridgehead atoms. The maximum Gasteiger partial charge on any atom is 0.292 e. The van der Waals surface area contributed by atoms with Crippen LogP contribution in [0.2, 0.25) is 0 Å². The second kappa shape index (κ2) is 3.89. The monoisotopic (exact) mass is 180 g/mol. The molecule has 13 heavy (non-hydrogen) atoms. The van der Waals surface area contributed by atoms with Crippen molar-refractivity contribution in [3.63, 3.8) is 0 Å². The molecule has 1 rings (SSSR count). The molecule has 0 fully saturated rings. The fraction of sp³-hybridized carbons (Fsp3) is 0.333. The Morgan fingerprint density at radius 3 is 2.69 bits per heavy atom. The number of anilines is 1. The van der Waals surface area contributed by atoms with Crippen LogP contribution in [0, 0.1) is 10.1 Å². The summed E-state index contributed by atoms with van der Waals surface area (Å²) in [7, 11) is 1.70. The minimum Gasteiger partial charge on any atom is -0.382 e. The summed E-state index contributed by atoms with van der Waals surface area (Å²) in [6.07, 6.45) is 0.790. The van der Waals surface area contributed by atoms with Crippen LogP contribution in [0.5, 0.6) is 0 Å². The molecule has 1 aromatic carbocycles. The number of nitrogens with zero attached hydrogens (tertiary/aromatic N) is 1. The Hall–Kier alpha value is -1.58. The average Bonchev–Trinajstić information content (AvgIpc) is 2.16. The molecule has 0 aromatic heterocycles. The van der Waals surface area contributed by atoms with Crippen molar-refractivity contribution in [3.05, 3.63) is 33.9 Å². The summed E-state index contributed by atoms with van der Waals surface area (Å²) in [5.41, 5.74) is 1.73. The van der Waals surface area contributed by atoms with E-state index >= 15 is 0 Å². The molecule has 0 aliphatic heterocycles. The van der Waals surface area contributed by atoms with Crippen LogP contribution in [0.1, 0.15) is 12.5 Å². The van der Waals surface area contributed by atoms with Crippen LogP contribution in [-0.2, 0) is 6.42 Å². The van der Waals surface area contributed by atoms with Gasteiger partial charge in [-0.25, -0.2) is 0 Å². The molecule has 0 aliphatic carbocycles. The van der Waals surface area contributed by atoms with Crippen LogP contribution >= 0.6 is 0 Å². The normalized spacial score (nSPS) is 9.69. The lowest BCUT2D eigenvalue weighted by Gasteiger charge is -2.06. The van der Waals surface area contributed by atoms with Crippen molar-refractivity contribution in [1.82, 2.24) is 0 Å². The van der Waals surface area contributed by atoms with Gasteiger partial charge in [-0.15, -0.1) is 0 Å². The Bertz CT molecular complexity index is 323. The van der Waals surface area contributed by atoms with Crippen molar-refractivity contribution in [2.75, 3.05) is 12.4 Å². The molecule has 0 saturated heterocycles. The van der Waals surface area contributed by atoms with Gasteiger partial charge in [0.25, 0.3) is 5.69 Å². The van der Waals surface area contributed by atoms with Gasteiger partial charge in [-0.05, 0) is 12.0 Å². The lowest BCUT2D eigenvalue weighted by atomic mass is 10.1. The van der Waals surface area contributed by atoms with Crippen LogP contribution < -0.4 is 5.32 Å². The second-order valence-corrected chi connectivity index (χ2v) is 2.67. The molecule has 0 aliphatic rings. The Kier molecular flexibility index (Phi) is 2.84. The molecule has 0 unspecified atom stereocenters. The highest BCUT2D eigenvalue weighted by Gasteiger charge is 2.14. The first-order valence-corrected chi connectivity index (χ1v) is 4.14. The van der Waals surface area contributed by atoms with Crippen molar-refractivity contribution in [2.24, 2.45) is 0 Å². The molecule has 70 valence electrons. The van der Waals surface area contributed by atoms with Crippen molar-refractivity contribution < 1.29 is 4.92 Å². The summed E-state index contributed by atoms with van der Waals surface area (Å²) in [5.74, 6) is 0. The van der Waals surface area contributed by atoms with Crippen LogP contribution in [0.3, 0.4) is 0 Å². The first kappa shape index (κ1) is 9.51. The van der Waals surface area contributed by atoms with Gasteiger partial charge in [0.2, 0.25) is 0 Å². The van der Waals surface area contributed by atoms with Gasteiger partial charge in [0.05, 0.1) is 4.92 Å². The van der Waals surface area contributed by atoms with E-state index in [0.29, 0.717) is 5.69 Å². The van der Waals surface area contributed by atoms with Crippen molar-refractivity contribution in [2.45, 2.75) is 13.3 Å². The molecule has 0 atom stereocenters. The summed E-state index contributed by atoms with van der Waals surface area (Å²) < 4.78 is 0. The van der Waals surface area contributed by atoms with E-state index in [1.165, 1.54) is 6.07 Å². The third-order valence-electron chi connectivity index (χ3n) is 1.96. The van der Waals surface area contributed by atoms with E-state index in [-0.39, 0.29) is 10.6 Å². The van der Waals surface area contributed by atoms with E-state index in [2.05, 4.69) is 5.32 Å². The van der Waals surface area contributed by atoms with Gasteiger partial charge in [0.1, 0.15) is 5.69 Å². The third-order valence-corrected chi connectivity index (χ3v) is 1.96. The molecular weight excluding hydrogens is 168 g/mol. The SMILES string of the molecule is CCc1cccc([N+](=O)[O-])c1NC. The van der Waals surface area contributed by atoms with Gasteiger partial charge in [0.15, 0.2) is 0 Å². The first-order valence-electron chi connectivity index (χ1n) is 4.14. The predicted molar refractivity (Wildman–Crippen MR) is 52.0 cm³/mol. The molecular formula is C9H12N2O2. The molecule has 4 nitrogen and oxygen atoms in total. The predicted octanol–water partition coefficient (Wildman–Crippen LogP) is 2.20. The maximum absolute atomic E-state index is 10.6. The number of para-hydroxylation sites is 1. The minimum absolute atomic E-state index is 0.141. The topological polar surface area (TPSA) is 55.2 Å². The Balaban J connectivity index is 3.27. The fourth-order valence-electron chi connectivity index (χ4n) is 1.32. The van der Waals surface area contributed by atoms with E-state index in [9.17, 15) is 10.1 Å². The number of hydrogen-bond acceptors (Lipinski definition) is 3. The third kappa shape index (κ3) is 1.77. The Morgan fingerprint density at radius 1 is 1.54 bits per heavy atom. The van der Waals surface area contributed by atoms with E-state index in [1.54, 1.807) is 13.1 Å². The Labute approximate surface area is 76.7 Å². The quantitative estimate of drug-likeness (QED) is 0.573. The molecule has 0 saturated carbocycles. The summed E-state index contributed by atoms with van der Waals surface area (Å²) in [5, 5.41) is 13.5. The molecule has 0 heterocycles. The lowest BCUT2D eigenvalue weighted by molar-refractivity contribution is -0.384. The van der Waals surface area contributed by atoms with Crippen LogP contribution in [0.25, 0.3) is 0 Å². The zero-order valence-corrected chi connectivity index (χ0v) is 7.70. The van der Waals surface area contributed by atoms with Gasteiger partial charge < -0.3 is 5.32 Å². The number of rotatable bonds is 3. The number of nitro groups is 1. The van der Waals surface area contributed by atoms with E-state index < -0.39 is 0 Å². The van der Waals surface area contributed by atoms with Crippen molar-refractivity contribution in [1.29, 1.82) is 0 Å². The van der Waals surface area contributed by atoms with E-state index in [4.69, 9.17) is 0 Å². The van der Waals surface area contributed by atoms with Gasteiger partial charge in [0, 0.05) is 13.1 Å². The van der Waals surface area contributed by atoms with E-state index in [0.717, 1.165) is 12.0 Å². The smallest absolute Gasteiger partial charge is 0.292 e. The van der Waals surface area contributed by atoms with Crippen molar-refractivity contribution >= 4 is 11.4 Å². The molecule has 0 radical (unpaired) electrons.